The Morgan fingerprint density at radius 3 is 3.21 bits per heavy atom. The molecule has 0 radical (unpaired) electrons. The average molecular weight is 279 g/mol. The highest BCUT2D eigenvalue weighted by Crippen LogP contribution is 2.27. The number of nitrogens with zero attached hydrogens (tertiary/aromatic N) is 3. The van der Waals surface area contributed by atoms with Crippen LogP contribution in [0, 0.1) is 0 Å². The van der Waals surface area contributed by atoms with Gasteiger partial charge in [0.15, 0.2) is 5.13 Å². The van der Waals surface area contributed by atoms with Gasteiger partial charge < -0.3 is 9.42 Å². The van der Waals surface area contributed by atoms with Crippen LogP contribution in [-0.4, -0.2) is 34.7 Å². The van der Waals surface area contributed by atoms with Crippen LogP contribution < -0.4 is 10.6 Å². The Morgan fingerprint density at radius 2 is 2.42 bits per heavy atom. The van der Waals surface area contributed by atoms with Crippen molar-refractivity contribution in [3.05, 3.63) is 22.8 Å². The zero-order valence-corrected chi connectivity index (χ0v) is 11.2. The lowest BCUT2D eigenvalue weighted by Gasteiger charge is -2.20. The lowest BCUT2D eigenvalue weighted by atomic mass is 10.2. The number of amides is 2. The van der Waals surface area contributed by atoms with Crippen molar-refractivity contribution in [3.8, 4) is 0 Å². The van der Waals surface area contributed by atoms with Crippen LogP contribution in [0.2, 0.25) is 0 Å². The number of hydrogen-bond donors (Lipinski definition) is 2. The lowest BCUT2D eigenvalue weighted by Crippen LogP contribution is -2.25. The molecule has 0 unspecified atom stereocenters. The molecule has 2 N–H and O–H groups in total. The SMILES string of the molecule is CN1CCc2nc(NC(=O)Nc3ccno3)sc2C1. The summed E-state index contributed by atoms with van der Waals surface area (Å²) in [6, 6.07) is 1.19. The number of anilines is 2. The molecule has 2 aromatic rings. The summed E-state index contributed by atoms with van der Waals surface area (Å²) in [4.78, 5) is 19.6. The van der Waals surface area contributed by atoms with Gasteiger partial charge in [0.25, 0.3) is 0 Å². The molecule has 0 bridgehead atoms. The number of aromatic nitrogens is 2. The highest BCUT2D eigenvalue weighted by Gasteiger charge is 2.19. The van der Waals surface area contributed by atoms with Gasteiger partial charge in [-0.2, -0.15) is 0 Å². The Bertz CT molecular complexity index is 580. The second-order valence-electron chi connectivity index (χ2n) is 4.33. The summed E-state index contributed by atoms with van der Waals surface area (Å²) < 4.78 is 4.79. The Balaban J connectivity index is 1.65. The van der Waals surface area contributed by atoms with Crippen LogP contribution in [0.4, 0.5) is 15.8 Å². The van der Waals surface area contributed by atoms with Gasteiger partial charge in [-0.25, -0.2) is 9.78 Å². The number of carbonyl (C=O) groups is 1. The largest absolute Gasteiger partial charge is 0.338 e. The molecule has 100 valence electrons. The highest BCUT2D eigenvalue weighted by molar-refractivity contribution is 7.15. The van der Waals surface area contributed by atoms with E-state index >= 15 is 0 Å². The molecular weight excluding hydrogens is 266 g/mol. The molecule has 2 aromatic heterocycles. The molecule has 2 amide bonds. The van der Waals surface area contributed by atoms with Crippen molar-refractivity contribution in [3.63, 3.8) is 0 Å². The van der Waals surface area contributed by atoms with E-state index in [0.29, 0.717) is 11.0 Å². The summed E-state index contributed by atoms with van der Waals surface area (Å²) in [5.41, 5.74) is 1.08. The molecule has 3 heterocycles. The molecule has 1 aliphatic heterocycles. The number of likely N-dealkylation sites (N-methyl/N-ethyl adjacent to an activating group) is 1. The number of urea groups is 1. The molecule has 0 aromatic carbocycles. The topological polar surface area (TPSA) is 83.3 Å². The third-order valence-electron chi connectivity index (χ3n) is 2.82. The zero-order chi connectivity index (χ0) is 13.2. The van der Waals surface area contributed by atoms with Gasteiger partial charge in [-0.1, -0.05) is 5.16 Å². The first kappa shape index (κ1) is 12.1. The van der Waals surface area contributed by atoms with Crippen molar-refractivity contribution in [1.82, 2.24) is 15.0 Å². The van der Waals surface area contributed by atoms with Crippen molar-refractivity contribution in [2.24, 2.45) is 0 Å². The van der Waals surface area contributed by atoms with E-state index < -0.39 is 0 Å². The number of rotatable bonds is 2. The minimum atomic E-state index is -0.379. The van der Waals surface area contributed by atoms with E-state index in [1.165, 1.54) is 22.4 Å². The highest BCUT2D eigenvalue weighted by atomic mass is 32.1. The van der Waals surface area contributed by atoms with Gasteiger partial charge >= 0.3 is 6.03 Å². The molecule has 0 saturated carbocycles. The standard InChI is InChI=1S/C11H13N5O2S/c1-16-5-3-7-8(6-16)19-11(13-7)15-10(17)14-9-2-4-12-18-9/h2,4H,3,5-6H2,1H3,(H2,13,14,15,17). The Kier molecular flexibility index (Phi) is 3.18. The fourth-order valence-corrected chi connectivity index (χ4v) is 2.98. The molecule has 7 nitrogen and oxygen atoms in total. The van der Waals surface area contributed by atoms with E-state index in [1.807, 2.05) is 0 Å². The molecule has 0 atom stereocenters. The van der Waals surface area contributed by atoms with Gasteiger partial charge in [0, 0.05) is 30.5 Å². The molecule has 0 spiro atoms. The van der Waals surface area contributed by atoms with Crippen molar-refractivity contribution < 1.29 is 9.32 Å². The molecule has 3 rings (SSSR count). The fraction of sp³-hybridized carbons (Fsp3) is 0.364. The molecule has 8 heteroatoms. The number of carbonyl (C=O) groups excluding carboxylic acids is 1. The maximum atomic E-state index is 11.7. The Morgan fingerprint density at radius 1 is 1.53 bits per heavy atom. The van der Waals surface area contributed by atoms with Crippen LogP contribution in [0.5, 0.6) is 0 Å². The zero-order valence-electron chi connectivity index (χ0n) is 10.3. The summed E-state index contributed by atoms with van der Waals surface area (Å²) in [6.45, 7) is 1.89. The molecule has 19 heavy (non-hydrogen) atoms. The van der Waals surface area contributed by atoms with Gasteiger partial charge in [-0.3, -0.25) is 10.6 Å². The molecule has 0 saturated heterocycles. The first-order chi connectivity index (χ1) is 9.20. The third-order valence-corrected chi connectivity index (χ3v) is 3.81. The van der Waals surface area contributed by atoms with E-state index in [1.54, 1.807) is 6.07 Å². The van der Waals surface area contributed by atoms with Crippen LogP contribution in [0.3, 0.4) is 0 Å². The van der Waals surface area contributed by atoms with Crippen LogP contribution >= 0.6 is 11.3 Å². The smallest absolute Gasteiger partial charge is 0.327 e. The van der Waals surface area contributed by atoms with Gasteiger partial charge in [0.05, 0.1) is 11.9 Å². The normalized spacial score (nSPS) is 15.0. The molecule has 0 fully saturated rings. The van der Waals surface area contributed by atoms with Crippen LogP contribution in [0.15, 0.2) is 16.8 Å². The summed E-state index contributed by atoms with van der Waals surface area (Å²) in [5.74, 6) is 0.304. The first-order valence-corrected chi connectivity index (χ1v) is 6.68. The van der Waals surface area contributed by atoms with Gasteiger partial charge in [0.1, 0.15) is 0 Å². The fourth-order valence-electron chi connectivity index (χ4n) is 1.90. The predicted molar refractivity (Wildman–Crippen MR) is 71.3 cm³/mol. The van der Waals surface area contributed by atoms with Crippen molar-refractivity contribution in [2.75, 3.05) is 24.2 Å². The molecule has 0 aliphatic carbocycles. The number of nitrogens with one attached hydrogen (secondary N) is 2. The summed E-state index contributed by atoms with van der Waals surface area (Å²) >= 11 is 1.51. The van der Waals surface area contributed by atoms with Crippen molar-refractivity contribution in [1.29, 1.82) is 0 Å². The monoisotopic (exact) mass is 279 g/mol. The predicted octanol–water partition coefficient (Wildman–Crippen LogP) is 1.76. The first-order valence-electron chi connectivity index (χ1n) is 5.86. The van der Waals surface area contributed by atoms with Crippen LogP contribution in [0.25, 0.3) is 0 Å². The van der Waals surface area contributed by atoms with E-state index in [4.69, 9.17) is 4.52 Å². The van der Waals surface area contributed by atoms with E-state index in [9.17, 15) is 4.79 Å². The van der Waals surface area contributed by atoms with Crippen molar-refractivity contribution >= 4 is 28.4 Å². The van der Waals surface area contributed by atoms with Crippen LogP contribution in [0.1, 0.15) is 10.6 Å². The third kappa shape index (κ3) is 2.74. The summed E-state index contributed by atoms with van der Waals surface area (Å²) in [6.07, 6.45) is 2.39. The summed E-state index contributed by atoms with van der Waals surface area (Å²) in [5, 5.41) is 9.36. The Labute approximate surface area is 113 Å². The maximum absolute atomic E-state index is 11.7. The number of thiazole rings is 1. The van der Waals surface area contributed by atoms with Crippen molar-refractivity contribution in [2.45, 2.75) is 13.0 Å². The second-order valence-corrected chi connectivity index (χ2v) is 5.42. The van der Waals surface area contributed by atoms with E-state index in [2.05, 4.69) is 32.7 Å². The quantitative estimate of drug-likeness (QED) is 0.875. The van der Waals surface area contributed by atoms with Crippen LogP contribution in [-0.2, 0) is 13.0 Å². The summed E-state index contributed by atoms with van der Waals surface area (Å²) in [7, 11) is 2.08. The molecular formula is C11H13N5O2S. The molecule has 1 aliphatic rings. The Hall–Kier alpha value is -1.93. The van der Waals surface area contributed by atoms with Gasteiger partial charge in [0.2, 0.25) is 5.88 Å². The number of hydrogen-bond acceptors (Lipinski definition) is 6. The lowest BCUT2D eigenvalue weighted by molar-refractivity contribution is 0.261. The number of fused-ring (bicyclic) bond motifs is 1. The van der Waals surface area contributed by atoms with Gasteiger partial charge in [-0.15, -0.1) is 11.3 Å². The van der Waals surface area contributed by atoms with Gasteiger partial charge in [-0.05, 0) is 7.05 Å². The maximum Gasteiger partial charge on any atom is 0.327 e. The minimum absolute atomic E-state index is 0.304. The average Bonchev–Trinajstić information content (AvgIpc) is 2.97. The minimum Gasteiger partial charge on any atom is -0.338 e. The second kappa shape index (κ2) is 4.98. The van der Waals surface area contributed by atoms with E-state index in [-0.39, 0.29) is 6.03 Å². The van der Waals surface area contributed by atoms with E-state index in [0.717, 1.165) is 25.2 Å².